The van der Waals surface area contributed by atoms with Crippen LogP contribution in [-0.4, -0.2) is 17.5 Å². The zero-order chi connectivity index (χ0) is 22.9. The molecule has 0 aliphatic heterocycles. The number of carbonyl (C=O) groups is 1. The summed E-state index contributed by atoms with van der Waals surface area (Å²) in [6.07, 6.45) is 0. The molecule has 0 spiro atoms. The lowest BCUT2D eigenvalue weighted by atomic mass is 10.1. The van der Waals surface area contributed by atoms with Crippen molar-refractivity contribution < 1.29 is 13.9 Å². The molecule has 166 valence electrons. The van der Waals surface area contributed by atoms with Gasteiger partial charge in [0.15, 0.2) is 22.2 Å². The molecule has 1 amide bonds. The number of hydrogen-bond acceptors (Lipinski definition) is 5. The Hall–Kier alpha value is -3.64. The molecule has 0 aliphatic rings. The minimum atomic E-state index is -0.231. The highest BCUT2D eigenvalue weighted by Gasteiger charge is 2.26. The number of furan rings is 1. The van der Waals surface area contributed by atoms with Crippen LogP contribution in [0.25, 0.3) is 21.2 Å². The number of hydrogen-bond donors (Lipinski definition) is 0. The standard InChI is InChI=1S/C27H24N2O3S/c1-4-31-22-12-8-11-20-15-23(32-24(20)22)26(30)29(16-19-9-6-5-7-10-19)27-28-21-14-17(2)13-18(3)25(21)33-27/h5-15H,4,16H2,1-3H3. The van der Waals surface area contributed by atoms with Gasteiger partial charge >= 0.3 is 0 Å². The highest BCUT2D eigenvalue weighted by Crippen LogP contribution is 2.35. The summed E-state index contributed by atoms with van der Waals surface area (Å²) in [5.74, 6) is 0.668. The van der Waals surface area contributed by atoms with Crippen molar-refractivity contribution in [2.45, 2.75) is 27.3 Å². The molecule has 0 unspecified atom stereocenters. The molecule has 0 aliphatic carbocycles. The fraction of sp³-hybridized carbons (Fsp3) is 0.185. The van der Waals surface area contributed by atoms with Gasteiger partial charge in [-0.15, -0.1) is 0 Å². The van der Waals surface area contributed by atoms with Crippen LogP contribution in [0.4, 0.5) is 5.13 Å². The maximum Gasteiger partial charge on any atom is 0.296 e. The third-order valence-corrected chi connectivity index (χ3v) is 6.72. The first-order valence-electron chi connectivity index (χ1n) is 10.9. The first-order chi connectivity index (χ1) is 16.0. The highest BCUT2D eigenvalue weighted by atomic mass is 32.1. The van der Waals surface area contributed by atoms with Crippen LogP contribution in [0.3, 0.4) is 0 Å². The molecule has 5 nitrogen and oxygen atoms in total. The summed E-state index contributed by atoms with van der Waals surface area (Å²) in [5, 5.41) is 1.48. The lowest BCUT2D eigenvalue weighted by molar-refractivity contribution is 0.0960. The number of ether oxygens (including phenoxy) is 1. The molecule has 0 fully saturated rings. The number of para-hydroxylation sites is 1. The molecule has 33 heavy (non-hydrogen) atoms. The van der Waals surface area contributed by atoms with Gasteiger partial charge in [0.1, 0.15) is 0 Å². The zero-order valence-electron chi connectivity index (χ0n) is 18.8. The van der Waals surface area contributed by atoms with Gasteiger partial charge in [-0.2, -0.15) is 0 Å². The molecule has 0 saturated carbocycles. The monoisotopic (exact) mass is 456 g/mol. The Labute approximate surface area is 196 Å². The molecule has 0 radical (unpaired) electrons. The van der Waals surface area contributed by atoms with Crippen molar-refractivity contribution in [1.82, 2.24) is 4.98 Å². The van der Waals surface area contributed by atoms with Crippen molar-refractivity contribution in [3.63, 3.8) is 0 Å². The van der Waals surface area contributed by atoms with E-state index in [9.17, 15) is 4.79 Å². The number of carbonyl (C=O) groups excluding carboxylic acids is 1. The Bertz CT molecular complexity index is 1450. The molecule has 2 heterocycles. The lowest BCUT2D eigenvalue weighted by Crippen LogP contribution is -2.30. The van der Waals surface area contributed by atoms with Gasteiger partial charge in [-0.1, -0.05) is 59.9 Å². The molecular weight excluding hydrogens is 432 g/mol. The summed E-state index contributed by atoms with van der Waals surface area (Å²) in [6, 6.07) is 21.6. The van der Waals surface area contributed by atoms with Crippen LogP contribution in [0.1, 0.15) is 34.2 Å². The summed E-state index contributed by atoms with van der Waals surface area (Å²) in [4.78, 5) is 20.3. The number of rotatable bonds is 6. The predicted molar refractivity (Wildman–Crippen MR) is 133 cm³/mol. The fourth-order valence-corrected chi connectivity index (χ4v) is 5.03. The average molecular weight is 457 g/mol. The second-order valence-corrected chi connectivity index (χ2v) is 9.00. The number of thiazole rings is 1. The fourth-order valence-electron chi connectivity index (χ4n) is 4.02. The minimum Gasteiger partial charge on any atom is -0.490 e. The van der Waals surface area contributed by atoms with E-state index >= 15 is 0 Å². The lowest BCUT2D eigenvalue weighted by Gasteiger charge is -2.18. The largest absolute Gasteiger partial charge is 0.490 e. The maximum absolute atomic E-state index is 13.8. The molecule has 0 bridgehead atoms. The van der Waals surface area contributed by atoms with Crippen LogP contribution in [0, 0.1) is 13.8 Å². The van der Waals surface area contributed by atoms with E-state index in [-0.39, 0.29) is 11.7 Å². The molecule has 6 heteroatoms. The van der Waals surface area contributed by atoms with Crippen molar-refractivity contribution in [3.8, 4) is 5.75 Å². The molecule has 0 N–H and O–H groups in total. The molecule has 5 rings (SSSR count). The van der Waals surface area contributed by atoms with Gasteiger partial charge < -0.3 is 9.15 Å². The molecule has 2 aromatic heterocycles. The second-order valence-electron chi connectivity index (χ2n) is 8.02. The molecule has 0 atom stereocenters. The number of nitrogens with zero attached hydrogens (tertiary/aromatic N) is 2. The zero-order valence-corrected chi connectivity index (χ0v) is 19.6. The van der Waals surface area contributed by atoms with Crippen LogP contribution in [-0.2, 0) is 6.54 Å². The predicted octanol–water partition coefficient (Wildman–Crippen LogP) is 6.91. The first kappa shape index (κ1) is 21.2. The summed E-state index contributed by atoms with van der Waals surface area (Å²) >= 11 is 1.53. The van der Waals surface area contributed by atoms with E-state index in [4.69, 9.17) is 14.1 Å². The Balaban J connectivity index is 1.60. The van der Waals surface area contributed by atoms with Crippen molar-refractivity contribution in [2.75, 3.05) is 11.5 Å². The number of aromatic nitrogens is 1. The summed E-state index contributed by atoms with van der Waals surface area (Å²) in [7, 11) is 0. The van der Waals surface area contributed by atoms with E-state index in [2.05, 4.69) is 26.0 Å². The Morgan fingerprint density at radius 3 is 2.67 bits per heavy atom. The Kier molecular flexibility index (Phi) is 5.60. The van der Waals surface area contributed by atoms with Gasteiger partial charge in [-0.25, -0.2) is 4.98 Å². The van der Waals surface area contributed by atoms with Crippen molar-refractivity contribution in [1.29, 1.82) is 0 Å². The number of anilines is 1. The Morgan fingerprint density at radius 1 is 1.06 bits per heavy atom. The van der Waals surface area contributed by atoms with E-state index in [0.29, 0.717) is 29.6 Å². The normalized spacial score (nSPS) is 11.2. The van der Waals surface area contributed by atoms with Gasteiger partial charge in [-0.3, -0.25) is 9.69 Å². The van der Waals surface area contributed by atoms with E-state index in [1.807, 2.05) is 55.5 Å². The van der Waals surface area contributed by atoms with Gasteiger partial charge in [0.05, 0.1) is 23.4 Å². The average Bonchev–Trinajstić information content (AvgIpc) is 3.43. The van der Waals surface area contributed by atoms with Gasteiger partial charge in [0.25, 0.3) is 5.91 Å². The van der Waals surface area contributed by atoms with Crippen LogP contribution in [0.2, 0.25) is 0 Å². The summed E-state index contributed by atoms with van der Waals surface area (Å²) < 4.78 is 12.8. The topological polar surface area (TPSA) is 55.6 Å². The number of fused-ring (bicyclic) bond motifs is 2. The van der Waals surface area contributed by atoms with Crippen LogP contribution < -0.4 is 9.64 Å². The van der Waals surface area contributed by atoms with E-state index in [1.54, 1.807) is 11.0 Å². The van der Waals surface area contributed by atoms with E-state index < -0.39 is 0 Å². The van der Waals surface area contributed by atoms with Crippen LogP contribution in [0.5, 0.6) is 5.75 Å². The molecule has 0 saturated heterocycles. The SMILES string of the molecule is CCOc1cccc2cc(C(=O)N(Cc3ccccc3)c3nc4cc(C)cc(C)c4s3)oc12. The third kappa shape index (κ3) is 4.10. The van der Waals surface area contributed by atoms with Crippen LogP contribution in [0.15, 0.2) is 71.1 Å². The van der Waals surface area contributed by atoms with Crippen molar-refractivity contribution in [2.24, 2.45) is 0 Å². The molecule has 3 aromatic carbocycles. The van der Waals surface area contributed by atoms with Gasteiger partial charge in [-0.05, 0) is 55.7 Å². The number of aryl methyl sites for hydroxylation is 2. The van der Waals surface area contributed by atoms with Gasteiger partial charge in [0, 0.05) is 5.39 Å². The van der Waals surface area contributed by atoms with Gasteiger partial charge in [0.2, 0.25) is 0 Å². The van der Waals surface area contributed by atoms with Crippen LogP contribution >= 0.6 is 11.3 Å². The minimum absolute atomic E-state index is 0.231. The molecular formula is C27H24N2O3S. The van der Waals surface area contributed by atoms with E-state index in [0.717, 1.165) is 32.3 Å². The Morgan fingerprint density at radius 2 is 1.88 bits per heavy atom. The second kappa shape index (κ2) is 8.71. The summed E-state index contributed by atoms with van der Waals surface area (Å²) in [5.41, 5.74) is 4.81. The van der Waals surface area contributed by atoms with Crippen molar-refractivity contribution >= 4 is 43.6 Å². The maximum atomic E-state index is 13.8. The number of amides is 1. The quantitative estimate of drug-likeness (QED) is 0.279. The number of benzene rings is 3. The smallest absolute Gasteiger partial charge is 0.296 e. The third-order valence-electron chi connectivity index (χ3n) is 5.49. The highest BCUT2D eigenvalue weighted by molar-refractivity contribution is 7.22. The van der Waals surface area contributed by atoms with E-state index in [1.165, 1.54) is 11.3 Å². The molecule has 5 aromatic rings. The first-order valence-corrected chi connectivity index (χ1v) is 11.7. The van der Waals surface area contributed by atoms with Crippen molar-refractivity contribution in [3.05, 3.63) is 89.2 Å². The summed E-state index contributed by atoms with van der Waals surface area (Å²) in [6.45, 7) is 6.98.